The lowest BCUT2D eigenvalue weighted by molar-refractivity contribution is 0.171. The minimum absolute atomic E-state index is 0.156. The fourth-order valence-corrected chi connectivity index (χ4v) is 3.70. The molecule has 1 atom stereocenters. The zero-order valence-electron chi connectivity index (χ0n) is 8.48. The Labute approximate surface area is 111 Å². The highest BCUT2D eigenvalue weighted by Gasteiger charge is 2.28. The van der Waals surface area contributed by atoms with Crippen molar-refractivity contribution in [2.45, 2.75) is 25.4 Å². The number of hydrogen-bond donors (Lipinski definition) is 1. The molecule has 2 nitrogen and oxygen atoms in total. The molecule has 0 saturated carbocycles. The van der Waals surface area contributed by atoms with Gasteiger partial charge in [-0.1, -0.05) is 0 Å². The molecule has 5 heteroatoms. The zero-order chi connectivity index (χ0) is 10.9. The molecular weight excluding hydrogens is 342 g/mol. The summed E-state index contributed by atoms with van der Waals surface area (Å²) in [5, 5.41) is 3.56. The summed E-state index contributed by atoms with van der Waals surface area (Å²) in [6, 6.07) is 2.15. The average Bonchev–Trinajstić information content (AvgIpc) is 2.73. The van der Waals surface area contributed by atoms with E-state index in [-0.39, 0.29) is 5.54 Å². The van der Waals surface area contributed by atoms with E-state index in [9.17, 15) is 0 Å². The quantitative estimate of drug-likeness (QED) is 0.896. The Morgan fingerprint density at radius 2 is 2.40 bits per heavy atom. The van der Waals surface area contributed by atoms with Gasteiger partial charge >= 0.3 is 0 Å². The minimum atomic E-state index is 0.156. The third kappa shape index (κ3) is 3.03. The third-order valence-corrected chi connectivity index (χ3v) is 5.86. The van der Waals surface area contributed by atoms with Gasteiger partial charge in [0.05, 0.1) is 10.4 Å². The van der Waals surface area contributed by atoms with E-state index in [0.717, 1.165) is 34.4 Å². The molecule has 0 amide bonds. The summed E-state index contributed by atoms with van der Waals surface area (Å²) < 4.78 is 7.70. The third-order valence-electron chi connectivity index (χ3n) is 2.60. The maximum atomic E-state index is 5.40. The monoisotopic (exact) mass is 353 g/mol. The second kappa shape index (κ2) is 4.84. The Hall–Kier alpha value is 0.580. The van der Waals surface area contributed by atoms with Crippen LogP contribution >= 0.6 is 43.2 Å². The number of hydrogen-bond acceptors (Lipinski definition) is 3. The van der Waals surface area contributed by atoms with Gasteiger partial charge in [-0.3, -0.25) is 0 Å². The summed E-state index contributed by atoms with van der Waals surface area (Å²) in [7, 11) is 0. The zero-order valence-corrected chi connectivity index (χ0v) is 12.5. The van der Waals surface area contributed by atoms with Gasteiger partial charge in [-0.05, 0) is 51.3 Å². The van der Waals surface area contributed by atoms with Crippen molar-refractivity contribution >= 4 is 43.2 Å². The summed E-state index contributed by atoms with van der Waals surface area (Å²) in [5.41, 5.74) is 0.156. The average molecular weight is 355 g/mol. The van der Waals surface area contributed by atoms with E-state index in [1.54, 1.807) is 11.3 Å². The molecule has 1 N–H and O–H groups in total. The molecule has 2 rings (SSSR count). The van der Waals surface area contributed by atoms with Crippen molar-refractivity contribution in [1.82, 2.24) is 5.32 Å². The fraction of sp³-hybridized carbons (Fsp3) is 0.600. The predicted molar refractivity (Wildman–Crippen MR) is 70.4 cm³/mol. The standard InChI is InChI=1S/C10H13Br2NOS/c1-10(2-3-14-6-10)13-5-7-4-8(11)9(12)15-7/h4,13H,2-3,5-6H2,1H3. The van der Waals surface area contributed by atoms with E-state index in [4.69, 9.17) is 4.74 Å². The Balaban J connectivity index is 1.92. The van der Waals surface area contributed by atoms with Crippen molar-refractivity contribution in [1.29, 1.82) is 0 Å². The number of rotatable bonds is 3. The van der Waals surface area contributed by atoms with Gasteiger partial charge in [0.25, 0.3) is 0 Å². The highest BCUT2D eigenvalue weighted by Crippen LogP contribution is 2.32. The first-order chi connectivity index (χ1) is 7.09. The SMILES string of the molecule is CC1(NCc2cc(Br)c(Br)s2)CCOC1. The van der Waals surface area contributed by atoms with Crippen LogP contribution in [0.1, 0.15) is 18.2 Å². The second-order valence-electron chi connectivity index (χ2n) is 4.05. The Morgan fingerprint density at radius 1 is 1.60 bits per heavy atom. The van der Waals surface area contributed by atoms with Crippen LogP contribution in [0.25, 0.3) is 0 Å². The van der Waals surface area contributed by atoms with Crippen LogP contribution in [0.5, 0.6) is 0 Å². The van der Waals surface area contributed by atoms with E-state index in [0.29, 0.717) is 0 Å². The van der Waals surface area contributed by atoms with Crippen LogP contribution in [-0.4, -0.2) is 18.8 Å². The maximum Gasteiger partial charge on any atom is 0.0843 e. The van der Waals surface area contributed by atoms with Gasteiger partial charge in [-0.15, -0.1) is 11.3 Å². The second-order valence-corrected chi connectivity index (χ2v) is 7.36. The first-order valence-electron chi connectivity index (χ1n) is 4.86. The minimum Gasteiger partial charge on any atom is -0.379 e. The van der Waals surface area contributed by atoms with E-state index in [1.165, 1.54) is 4.88 Å². The van der Waals surface area contributed by atoms with Crippen molar-refractivity contribution in [3.8, 4) is 0 Å². The lowest BCUT2D eigenvalue weighted by Gasteiger charge is -2.23. The van der Waals surface area contributed by atoms with Crippen LogP contribution in [-0.2, 0) is 11.3 Å². The topological polar surface area (TPSA) is 21.3 Å². The number of nitrogens with one attached hydrogen (secondary N) is 1. The molecule has 0 radical (unpaired) electrons. The van der Waals surface area contributed by atoms with Crippen LogP contribution in [0.4, 0.5) is 0 Å². The number of halogens is 2. The summed E-state index contributed by atoms with van der Waals surface area (Å²) in [4.78, 5) is 1.34. The highest BCUT2D eigenvalue weighted by molar-refractivity contribution is 9.13. The molecular formula is C10H13Br2NOS. The summed E-state index contributed by atoms with van der Waals surface area (Å²) >= 11 is 8.76. The molecule has 1 unspecified atom stereocenters. The van der Waals surface area contributed by atoms with Gasteiger partial charge < -0.3 is 10.1 Å². The van der Waals surface area contributed by atoms with Gasteiger partial charge in [0.1, 0.15) is 0 Å². The first-order valence-corrected chi connectivity index (χ1v) is 7.26. The molecule has 2 heterocycles. The predicted octanol–water partition coefficient (Wildman–Crippen LogP) is 3.54. The van der Waals surface area contributed by atoms with Crippen LogP contribution in [0.3, 0.4) is 0 Å². The lowest BCUT2D eigenvalue weighted by Crippen LogP contribution is -2.42. The van der Waals surface area contributed by atoms with Crippen LogP contribution in [0.15, 0.2) is 14.3 Å². The van der Waals surface area contributed by atoms with Crippen LogP contribution < -0.4 is 5.32 Å². The normalized spacial score (nSPS) is 26.1. The van der Waals surface area contributed by atoms with Gasteiger partial charge in [0.15, 0.2) is 0 Å². The van der Waals surface area contributed by atoms with E-state index in [2.05, 4.69) is 50.2 Å². The number of thiophene rings is 1. The first kappa shape index (κ1) is 12.0. The molecule has 0 bridgehead atoms. The molecule has 1 fully saturated rings. The Kier molecular flexibility index (Phi) is 3.88. The lowest BCUT2D eigenvalue weighted by atomic mass is 10.0. The molecule has 0 aromatic carbocycles. The summed E-state index contributed by atoms with van der Waals surface area (Å²) in [5.74, 6) is 0. The number of ether oxygens (including phenoxy) is 1. The molecule has 0 spiro atoms. The molecule has 1 saturated heterocycles. The molecule has 1 aliphatic heterocycles. The Morgan fingerprint density at radius 3 is 2.93 bits per heavy atom. The fourth-order valence-electron chi connectivity index (χ4n) is 1.59. The molecule has 84 valence electrons. The van der Waals surface area contributed by atoms with Gasteiger partial charge in [0, 0.05) is 28.0 Å². The van der Waals surface area contributed by atoms with Crippen LogP contribution in [0, 0.1) is 0 Å². The molecule has 1 aromatic rings. The van der Waals surface area contributed by atoms with Crippen molar-refractivity contribution in [3.05, 3.63) is 19.2 Å². The maximum absolute atomic E-state index is 5.40. The summed E-state index contributed by atoms with van der Waals surface area (Å²) in [6.45, 7) is 4.83. The largest absolute Gasteiger partial charge is 0.379 e. The van der Waals surface area contributed by atoms with E-state index >= 15 is 0 Å². The van der Waals surface area contributed by atoms with Crippen molar-refractivity contribution in [2.24, 2.45) is 0 Å². The van der Waals surface area contributed by atoms with Crippen molar-refractivity contribution < 1.29 is 4.74 Å². The molecule has 0 aliphatic carbocycles. The van der Waals surface area contributed by atoms with Crippen molar-refractivity contribution in [3.63, 3.8) is 0 Å². The molecule has 1 aromatic heterocycles. The van der Waals surface area contributed by atoms with Gasteiger partial charge in [0.2, 0.25) is 0 Å². The Bertz CT molecular complexity index is 328. The van der Waals surface area contributed by atoms with E-state index < -0.39 is 0 Å². The van der Waals surface area contributed by atoms with Crippen molar-refractivity contribution in [2.75, 3.05) is 13.2 Å². The van der Waals surface area contributed by atoms with E-state index in [1.807, 2.05) is 0 Å². The highest BCUT2D eigenvalue weighted by atomic mass is 79.9. The van der Waals surface area contributed by atoms with Crippen LogP contribution in [0.2, 0.25) is 0 Å². The van der Waals surface area contributed by atoms with Gasteiger partial charge in [-0.25, -0.2) is 0 Å². The molecule has 1 aliphatic rings. The van der Waals surface area contributed by atoms with Gasteiger partial charge in [-0.2, -0.15) is 0 Å². The summed E-state index contributed by atoms with van der Waals surface area (Å²) in [6.07, 6.45) is 1.10. The smallest absolute Gasteiger partial charge is 0.0843 e. The molecule has 15 heavy (non-hydrogen) atoms.